The lowest BCUT2D eigenvalue weighted by Gasteiger charge is -2.28. The summed E-state index contributed by atoms with van der Waals surface area (Å²) in [5, 5.41) is 0. The number of hydrogen-bond donors (Lipinski definition) is 1. The van der Waals surface area contributed by atoms with Crippen molar-refractivity contribution in [2.45, 2.75) is 26.3 Å². The summed E-state index contributed by atoms with van der Waals surface area (Å²) < 4.78 is 29.4. The molecule has 0 unspecified atom stereocenters. The van der Waals surface area contributed by atoms with Crippen molar-refractivity contribution < 1.29 is 8.42 Å². The van der Waals surface area contributed by atoms with Gasteiger partial charge in [0.15, 0.2) is 0 Å². The Bertz CT molecular complexity index is 618. The molecule has 0 amide bonds. The van der Waals surface area contributed by atoms with E-state index in [1.165, 1.54) is 5.56 Å². The molecule has 0 aliphatic carbocycles. The predicted octanol–water partition coefficient (Wildman–Crippen LogP) is 1.22. The fourth-order valence-corrected chi connectivity index (χ4v) is 4.63. The third kappa shape index (κ3) is 3.51. The van der Waals surface area contributed by atoms with Crippen molar-refractivity contribution in [3.8, 4) is 0 Å². The summed E-state index contributed by atoms with van der Waals surface area (Å²) in [6.45, 7) is 6.89. The van der Waals surface area contributed by atoms with Crippen LogP contribution in [-0.4, -0.2) is 50.3 Å². The minimum absolute atomic E-state index is 0.437. The first-order valence-corrected chi connectivity index (χ1v) is 9.56. The molecule has 5 nitrogen and oxygen atoms in total. The van der Waals surface area contributed by atoms with Crippen LogP contribution >= 0.6 is 0 Å². The van der Waals surface area contributed by atoms with Crippen molar-refractivity contribution >= 4 is 10.2 Å². The maximum absolute atomic E-state index is 12.5. The SMILES string of the molecule is CCN1CC[C@@H](CNS(=O)(=O)N2CCc3ccccc3C2)C1. The van der Waals surface area contributed by atoms with E-state index < -0.39 is 10.2 Å². The van der Waals surface area contributed by atoms with Gasteiger partial charge in [-0.05, 0) is 43.0 Å². The van der Waals surface area contributed by atoms with Gasteiger partial charge in [0.1, 0.15) is 0 Å². The van der Waals surface area contributed by atoms with E-state index in [-0.39, 0.29) is 0 Å². The number of nitrogens with zero attached hydrogens (tertiary/aromatic N) is 2. The van der Waals surface area contributed by atoms with E-state index in [2.05, 4.69) is 22.6 Å². The van der Waals surface area contributed by atoms with E-state index in [0.717, 1.165) is 38.0 Å². The molecule has 2 aliphatic heterocycles. The molecule has 6 heteroatoms. The lowest BCUT2D eigenvalue weighted by Crippen LogP contribution is -2.44. The highest BCUT2D eigenvalue weighted by atomic mass is 32.2. The molecule has 3 rings (SSSR count). The smallest absolute Gasteiger partial charge is 0.279 e. The Morgan fingerprint density at radius 2 is 2.00 bits per heavy atom. The predicted molar refractivity (Wildman–Crippen MR) is 87.7 cm³/mol. The second-order valence-electron chi connectivity index (χ2n) is 6.25. The molecule has 0 aromatic heterocycles. The summed E-state index contributed by atoms with van der Waals surface area (Å²) in [6.07, 6.45) is 1.88. The van der Waals surface area contributed by atoms with Gasteiger partial charge in [-0.2, -0.15) is 12.7 Å². The van der Waals surface area contributed by atoms with Crippen molar-refractivity contribution in [3.63, 3.8) is 0 Å². The molecule has 1 saturated heterocycles. The van der Waals surface area contributed by atoms with Crippen molar-refractivity contribution in [1.82, 2.24) is 13.9 Å². The first-order valence-electron chi connectivity index (χ1n) is 8.12. The van der Waals surface area contributed by atoms with Crippen LogP contribution in [0.2, 0.25) is 0 Å². The highest BCUT2D eigenvalue weighted by molar-refractivity contribution is 7.87. The largest absolute Gasteiger partial charge is 0.303 e. The van der Waals surface area contributed by atoms with Crippen LogP contribution < -0.4 is 4.72 Å². The second-order valence-corrected chi connectivity index (χ2v) is 8.01. The highest BCUT2D eigenvalue weighted by Crippen LogP contribution is 2.21. The van der Waals surface area contributed by atoms with Crippen LogP contribution in [-0.2, 0) is 23.2 Å². The fraction of sp³-hybridized carbons (Fsp3) is 0.625. The Kier molecular flexibility index (Phi) is 4.82. The molecule has 1 aromatic rings. The van der Waals surface area contributed by atoms with Crippen molar-refractivity contribution in [3.05, 3.63) is 35.4 Å². The third-order valence-corrected chi connectivity index (χ3v) is 6.33. The minimum atomic E-state index is -3.37. The number of fused-ring (bicyclic) bond motifs is 1. The van der Waals surface area contributed by atoms with Gasteiger partial charge < -0.3 is 4.90 Å². The standard InChI is InChI=1S/C16H25N3O2S/c1-2-18-9-7-14(12-18)11-17-22(20,21)19-10-8-15-5-3-4-6-16(15)13-19/h3-6,14,17H,2,7-13H2,1H3/t14-/m0/s1. The fourth-order valence-electron chi connectivity index (χ4n) is 3.36. The molecule has 1 fully saturated rings. The van der Waals surface area contributed by atoms with Gasteiger partial charge in [-0.1, -0.05) is 31.2 Å². The van der Waals surface area contributed by atoms with Crippen molar-refractivity contribution in [1.29, 1.82) is 0 Å². The summed E-state index contributed by atoms with van der Waals surface area (Å²) in [5.41, 5.74) is 2.39. The number of hydrogen-bond acceptors (Lipinski definition) is 3. The summed E-state index contributed by atoms with van der Waals surface area (Å²) in [4.78, 5) is 2.37. The van der Waals surface area contributed by atoms with Gasteiger partial charge in [-0.15, -0.1) is 0 Å². The van der Waals surface area contributed by atoms with Crippen molar-refractivity contribution in [2.75, 3.05) is 32.7 Å². The molecule has 2 aliphatic rings. The van der Waals surface area contributed by atoms with Crippen LogP contribution in [0.25, 0.3) is 0 Å². The molecule has 0 radical (unpaired) electrons. The van der Waals surface area contributed by atoms with Gasteiger partial charge in [0.2, 0.25) is 0 Å². The molecule has 0 saturated carbocycles. The van der Waals surface area contributed by atoms with Gasteiger partial charge in [-0.3, -0.25) is 0 Å². The molecular formula is C16H25N3O2S. The number of nitrogens with one attached hydrogen (secondary N) is 1. The van der Waals surface area contributed by atoms with E-state index in [0.29, 0.717) is 25.6 Å². The first kappa shape index (κ1) is 15.9. The van der Waals surface area contributed by atoms with E-state index in [4.69, 9.17) is 0 Å². The average molecular weight is 323 g/mol. The third-order valence-electron chi connectivity index (χ3n) is 4.81. The minimum Gasteiger partial charge on any atom is -0.303 e. The molecule has 0 spiro atoms. The molecule has 2 heterocycles. The highest BCUT2D eigenvalue weighted by Gasteiger charge is 2.28. The Morgan fingerprint density at radius 1 is 1.23 bits per heavy atom. The molecule has 1 atom stereocenters. The normalized spacial score (nSPS) is 23.6. The van der Waals surface area contributed by atoms with Crippen LogP contribution in [0.4, 0.5) is 0 Å². The van der Waals surface area contributed by atoms with Crippen LogP contribution in [0, 0.1) is 5.92 Å². The molecule has 22 heavy (non-hydrogen) atoms. The van der Waals surface area contributed by atoms with E-state index >= 15 is 0 Å². The van der Waals surface area contributed by atoms with Gasteiger partial charge in [0, 0.05) is 26.2 Å². The van der Waals surface area contributed by atoms with Crippen molar-refractivity contribution in [2.24, 2.45) is 5.92 Å². The molecule has 1 N–H and O–H groups in total. The van der Waals surface area contributed by atoms with Crippen LogP contribution in [0.1, 0.15) is 24.5 Å². The lowest BCUT2D eigenvalue weighted by molar-refractivity contribution is 0.339. The quantitative estimate of drug-likeness (QED) is 0.886. The van der Waals surface area contributed by atoms with E-state index in [1.807, 2.05) is 18.2 Å². The molecule has 122 valence electrons. The topological polar surface area (TPSA) is 52.7 Å². The Balaban J connectivity index is 1.58. The molecule has 0 bridgehead atoms. The monoisotopic (exact) mass is 323 g/mol. The zero-order valence-electron chi connectivity index (χ0n) is 13.2. The van der Waals surface area contributed by atoms with E-state index in [9.17, 15) is 8.42 Å². The van der Waals surface area contributed by atoms with Gasteiger partial charge >= 0.3 is 0 Å². The number of likely N-dealkylation sites (tertiary alicyclic amines) is 1. The summed E-state index contributed by atoms with van der Waals surface area (Å²) >= 11 is 0. The Hall–Kier alpha value is -0.950. The second kappa shape index (κ2) is 6.66. The summed E-state index contributed by atoms with van der Waals surface area (Å²) in [6, 6.07) is 8.10. The first-order chi connectivity index (χ1) is 10.6. The maximum atomic E-state index is 12.5. The summed E-state index contributed by atoms with van der Waals surface area (Å²) in [7, 11) is -3.37. The maximum Gasteiger partial charge on any atom is 0.279 e. The number of benzene rings is 1. The van der Waals surface area contributed by atoms with Crippen LogP contribution in [0.5, 0.6) is 0 Å². The Morgan fingerprint density at radius 3 is 2.73 bits per heavy atom. The van der Waals surface area contributed by atoms with Crippen LogP contribution in [0.15, 0.2) is 24.3 Å². The summed E-state index contributed by atoms with van der Waals surface area (Å²) in [5.74, 6) is 0.437. The number of rotatable bonds is 5. The zero-order valence-corrected chi connectivity index (χ0v) is 14.0. The van der Waals surface area contributed by atoms with Crippen LogP contribution in [0.3, 0.4) is 0 Å². The van der Waals surface area contributed by atoms with Gasteiger partial charge in [0.25, 0.3) is 10.2 Å². The van der Waals surface area contributed by atoms with Gasteiger partial charge in [0.05, 0.1) is 0 Å². The average Bonchev–Trinajstić information content (AvgIpc) is 3.01. The molecular weight excluding hydrogens is 298 g/mol. The van der Waals surface area contributed by atoms with Gasteiger partial charge in [-0.25, -0.2) is 4.72 Å². The zero-order chi connectivity index (χ0) is 15.6. The lowest BCUT2D eigenvalue weighted by atomic mass is 10.0. The van der Waals surface area contributed by atoms with E-state index in [1.54, 1.807) is 4.31 Å². The molecule has 1 aromatic carbocycles. The Labute approximate surface area is 133 Å².